The number of ether oxygens (including phenoxy) is 2. The van der Waals surface area contributed by atoms with E-state index in [0.717, 1.165) is 20.3 Å². The van der Waals surface area contributed by atoms with Gasteiger partial charge in [0.1, 0.15) is 5.75 Å². The number of benzene rings is 2. The van der Waals surface area contributed by atoms with Gasteiger partial charge in [0.15, 0.2) is 10.9 Å². The van der Waals surface area contributed by atoms with Crippen molar-refractivity contribution in [3.8, 4) is 17.4 Å². The van der Waals surface area contributed by atoms with Gasteiger partial charge in [-0.1, -0.05) is 66.2 Å². The van der Waals surface area contributed by atoms with Gasteiger partial charge in [0.2, 0.25) is 0 Å². The normalized spacial score (nSPS) is 12.0. The Labute approximate surface area is 218 Å². The van der Waals surface area contributed by atoms with E-state index in [1.807, 2.05) is 63.2 Å². The Kier molecular flexibility index (Phi) is 6.88. The Morgan fingerprint density at radius 2 is 1.69 bits per heavy atom. The summed E-state index contributed by atoms with van der Waals surface area (Å²) in [5.41, 5.74) is 1.14. The van der Waals surface area contributed by atoms with Crippen molar-refractivity contribution in [1.29, 1.82) is 0 Å². The number of fused-ring (bicyclic) bond motifs is 1. The highest BCUT2D eigenvalue weighted by Gasteiger charge is 2.33. The summed E-state index contributed by atoms with van der Waals surface area (Å²) in [7, 11) is 0. The van der Waals surface area contributed by atoms with Crippen molar-refractivity contribution >= 4 is 48.7 Å². The van der Waals surface area contributed by atoms with Crippen LogP contribution in [-0.4, -0.2) is 21.6 Å². The van der Waals surface area contributed by atoms with Crippen molar-refractivity contribution in [3.63, 3.8) is 0 Å². The highest BCUT2D eigenvalue weighted by Crippen LogP contribution is 2.38. The van der Waals surface area contributed by atoms with Gasteiger partial charge in [0.05, 0.1) is 10.2 Å². The van der Waals surface area contributed by atoms with Gasteiger partial charge >= 0.3 is 6.09 Å². The maximum Gasteiger partial charge on any atom is 0.422 e. The van der Waals surface area contributed by atoms with Crippen LogP contribution in [-0.2, 0) is 5.41 Å². The minimum absolute atomic E-state index is 0.132. The summed E-state index contributed by atoms with van der Waals surface area (Å²) in [6.45, 7) is 12.2. The number of carbonyl (C=O) groups excluding carboxylic acids is 1. The Bertz CT molecular complexity index is 1370. The molecule has 8 heteroatoms. The summed E-state index contributed by atoms with van der Waals surface area (Å²) in [5, 5.41) is 0.556. The van der Waals surface area contributed by atoms with E-state index in [1.54, 1.807) is 23.2 Å². The SMILES string of the molecule is CC(C)(C)c1ccccc1Oc1ncccc1OC(=O)N(c1nc2ccc(Br)cc2s1)C(C)(C)C. The molecular formula is C27H28BrN3O3S. The van der Waals surface area contributed by atoms with Crippen LogP contribution in [0, 0.1) is 0 Å². The fraction of sp³-hybridized carbons (Fsp3) is 0.296. The second-order valence-electron chi connectivity index (χ2n) is 10.1. The molecule has 0 unspecified atom stereocenters. The number of aromatic nitrogens is 2. The molecule has 1 amide bonds. The van der Waals surface area contributed by atoms with Gasteiger partial charge in [0.25, 0.3) is 5.88 Å². The number of hydrogen-bond donors (Lipinski definition) is 0. The van der Waals surface area contributed by atoms with Gasteiger partial charge in [-0.05, 0) is 62.6 Å². The molecule has 2 aromatic heterocycles. The molecule has 182 valence electrons. The molecule has 0 spiro atoms. The first kappa shape index (κ1) is 25.1. The molecule has 0 saturated heterocycles. The number of rotatable bonds is 4. The highest BCUT2D eigenvalue weighted by atomic mass is 79.9. The van der Waals surface area contributed by atoms with Gasteiger partial charge < -0.3 is 9.47 Å². The quantitative estimate of drug-likeness (QED) is 0.254. The molecule has 0 aliphatic carbocycles. The average Bonchev–Trinajstić information content (AvgIpc) is 3.16. The number of thiazole rings is 1. The number of para-hydroxylation sites is 1. The zero-order valence-corrected chi connectivity index (χ0v) is 23.0. The minimum Gasteiger partial charge on any atom is -0.436 e. The van der Waals surface area contributed by atoms with Crippen molar-refractivity contribution in [1.82, 2.24) is 9.97 Å². The van der Waals surface area contributed by atoms with Crippen LogP contribution in [0.1, 0.15) is 47.1 Å². The van der Waals surface area contributed by atoms with Crippen LogP contribution >= 0.6 is 27.3 Å². The molecule has 6 nitrogen and oxygen atoms in total. The lowest BCUT2D eigenvalue weighted by atomic mass is 9.86. The lowest BCUT2D eigenvalue weighted by Crippen LogP contribution is -2.47. The van der Waals surface area contributed by atoms with Crippen LogP contribution in [0.4, 0.5) is 9.93 Å². The summed E-state index contributed by atoms with van der Waals surface area (Å²) in [6, 6.07) is 17.0. The Morgan fingerprint density at radius 1 is 0.971 bits per heavy atom. The number of anilines is 1. The van der Waals surface area contributed by atoms with Crippen molar-refractivity contribution in [2.45, 2.75) is 52.5 Å². The highest BCUT2D eigenvalue weighted by molar-refractivity contribution is 9.10. The van der Waals surface area contributed by atoms with Crippen molar-refractivity contribution in [2.75, 3.05) is 4.90 Å². The van der Waals surface area contributed by atoms with Crippen LogP contribution in [0.5, 0.6) is 17.4 Å². The average molecular weight is 555 g/mol. The lowest BCUT2D eigenvalue weighted by Gasteiger charge is -2.32. The smallest absolute Gasteiger partial charge is 0.422 e. The molecule has 2 heterocycles. The topological polar surface area (TPSA) is 64.6 Å². The Hall–Kier alpha value is -2.97. The number of pyridine rings is 1. The first-order valence-corrected chi connectivity index (χ1v) is 12.8. The van der Waals surface area contributed by atoms with Crippen LogP contribution < -0.4 is 14.4 Å². The largest absolute Gasteiger partial charge is 0.436 e. The van der Waals surface area contributed by atoms with Gasteiger partial charge in [-0.15, -0.1) is 0 Å². The third-order valence-electron chi connectivity index (χ3n) is 5.22. The second kappa shape index (κ2) is 9.59. The minimum atomic E-state index is -0.579. The van der Waals surface area contributed by atoms with Crippen LogP contribution in [0.15, 0.2) is 65.3 Å². The molecule has 35 heavy (non-hydrogen) atoms. The van der Waals surface area contributed by atoms with Crippen molar-refractivity contribution < 1.29 is 14.3 Å². The second-order valence-corrected chi connectivity index (χ2v) is 12.1. The first-order valence-electron chi connectivity index (χ1n) is 11.2. The van der Waals surface area contributed by atoms with Crippen molar-refractivity contribution in [2.24, 2.45) is 0 Å². The monoisotopic (exact) mass is 553 g/mol. The molecule has 0 atom stereocenters. The van der Waals surface area contributed by atoms with E-state index in [1.165, 1.54) is 11.3 Å². The molecular weight excluding hydrogens is 526 g/mol. The first-order chi connectivity index (χ1) is 16.4. The third kappa shape index (κ3) is 5.65. The molecule has 2 aromatic carbocycles. The predicted molar refractivity (Wildman–Crippen MR) is 145 cm³/mol. The van der Waals surface area contributed by atoms with E-state index >= 15 is 0 Å². The van der Waals surface area contributed by atoms with Gasteiger partial charge in [-0.2, -0.15) is 0 Å². The molecule has 0 aliphatic heterocycles. The van der Waals surface area contributed by atoms with E-state index in [9.17, 15) is 4.79 Å². The fourth-order valence-electron chi connectivity index (χ4n) is 3.57. The number of amides is 1. The van der Waals surface area contributed by atoms with Gasteiger partial charge in [-0.25, -0.2) is 19.7 Å². The summed E-state index contributed by atoms with van der Waals surface area (Å²) in [5.74, 6) is 1.12. The molecule has 0 saturated carbocycles. The Morgan fingerprint density at radius 3 is 2.40 bits per heavy atom. The van der Waals surface area contributed by atoms with E-state index < -0.39 is 11.6 Å². The standard InChI is InChI=1S/C27H28BrN3O3S/c1-26(2,3)18-10-7-8-11-20(18)33-23-21(12-9-15-29-23)34-25(32)31(27(4,5)6)24-30-19-14-13-17(28)16-22(19)35-24/h7-16H,1-6H3. The summed E-state index contributed by atoms with van der Waals surface area (Å²) in [6.07, 6.45) is 1.05. The van der Waals surface area contributed by atoms with Gasteiger partial charge in [0, 0.05) is 21.8 Å². The number of nitrogens with zero attached hydrogens (tertiary/aromatic N) is 3. The van der Waals surface area contributed by atoms with Crippen LogP contribution in [0.25, 0.3) is 10.2 Å². The van der Waals surface area contributed by atoms with Crippen molar-refractivity contribution in [3.05, 3.63) is 70.8 Å². The molecule has 0 N–H and O–H groups in total. The molecule has 0 aliphatic rings. The van der Waals surface area contributed by atoms with E-state index in [0.29, 0.717) is 10.9 Å². The molecule has 0 radical (unpaired) electrons. The number of hydrogen-bond acceptors (Lipinski definition) is 6. The number of halogens is 1. The summed E-state index contributed by atoms with van der Waals surface area (Å²) in [4.78, 5) is 24.1. The zero-order valence-electron chi connectivity index (χ0n) is 20.6. The van der Waals surface area contributed by atoms with Crippen LogP contribution in [0.3, 0.4) is 0 Å². The molecule has 4 aromatic rings. The van der Waals surface area contributed by atoms with E-state index in [4.69, 9.17) is 9.47 Å². The van der Waals surface area contributed by atoms with E-state index in [2.05, 4.69) is 46.7 Å². The van der Waals surface area contributed by atoms with Crippen LogP contribution in [0.2, 0.25) is 0 Å². The number of carbonyl (C=O) groups is 1. The summed E-state index contributed by atoms with van der Waals surface area (Å²) < 4.78 is 14.0. The Balaban J connectivity index is 1.66. The van der Waals surface area contributed by atoms with Gasteiger partial charge in [-0.3, -0.25) is 0 Å². The molecule has 0 bridgehead atoms. The maximum absolute atomic E-state index is 13.5. The summed E-state index contributed by atoms with van der Waals surface area (Å²) >= 11 is 4.93. The fourth-order valence-corrected chi connectivity index (χ4v) is 5.27. The molecule has 4 rings (SSSR count). The lowest BCUT2D eigenvalue weighted by molar-refractivity contribution is 0.199. The van der Waals surface area contributed by atoms with E-state index in [-0.39, 0.29) is 17.0 Å². The molecule has 0 fully saturated rings. The maximum atomic E-state index is 13.5. The zero-order chi connectivity index (χ0) is 25.4. The third-order valence-corrected chi connectivity index (χ3v) is 6.72. The predicted octanol–water partition coefficient (Wildman–Crippen LogP) is 8.35.